The number of unbranched alkanes of at least 4 members (excludes halogenated alkanes) is 20. The molecule has 7 heteroatoms. The Kier molecular flexibility index (Phi) is 32.4. The lowest BCUT2D eigenvalue weighted by atomic mass is 9.99. The molecule has 1 fully saturated rings. The third kappa shape index (κ3) is 27.8. The molecule has 0 amide bonds. The molecule has 0 aromatic carbocycles. The van der Waals surface area contributed by atoms with Gasteiger partial charge in [-0.3, -0.25) is 9.59 Å². The van der Waals surface area contributed by atoms with Gasteiger partial charge < -0.3 is 18.9 Å². The number of hydrogen-bond donors (Lipinski definition) is 0. The van der Waals surface area contributed by atoms with E-state index in [9.17, 15) is 14.4 Å². The van der Waals surface area contributed by atoms with E-state index in [1.807, 2.05) is 0 Å². The van der Waals surface area contributed by atoms with Crippen LogP contribution in [0.5, 0.6) is 0 Å². The topological polar surface area (TPSA) is 88.1 Å². The first-order valence-electron chi connectivity index (χ1n) is 22.7. The van der Waals surface area contributed by atoms with E-state index in [4.69, 9.17) is 18.9 Å². The summed E-state index contributed by atoms with van der Waals surface area (Å²) >= 11 is 0. The highest BCUT2D eigenvalue weighted by Crippen LogP contribution is 2.26. The zero-order chi connectivity index (χ0) is 37.9. The fraction of sp³-hybridized carbons (Fsp3) is 0.933. The molecule has 0 N–H and O–H groups in total. The molecule has 7 nitrogen and oxygen atoms in total. The minimum Gasteiger partial charge on any atom is -0.465 e. The van der Waals surface area contributed by atoms with Crippen molar-refractivity contribution in [3.05, 3.63) is 0 Å². The average molecular weight is 737 g/mol. The Balaban J connectivity index is 2.13. The monoisotopic (exact) mass is 737 g/mol. The summed E-state index contributed by atoms with van der Waals surface area (Å²) in [6.07, 6.45) is 35.4. The standard InChI is InChI=1S/C45H84O7/c1-5-9-12-14-21-27-34-41-42(52-45(48)51-41)35-28-22-19-24-30-37-44(47)50-40(32-25-13-10-6-2)33-26-20-17-15-16-18-23-29-36-43(46)49-38-39(8-4)31-11-7-3/h39-42H,5-38H2,1-4H3. The molecule has 0 radical (unpaired) electrons. The van der Waals surface area contributed by atoms with Gasteiger partial charge >= 0.3 is 18.1 Å². The van der Waals surface area contributed by atoms with E-state index in [0.29, 0.717) is 25.4 Å². The molecule has 1 aliphatic rings. The molecule has 0 bridgehead atoms. The highest BCUT2D eigenvalue weighted by atomic mass is 16.8. The molecular formula is C45H84O7. The van der Waals surface area contributed by atoms with Crippen molar-refractivity contribution >= 4 is 18.1 Å². The van der Waals surface area contributed by atoms with Crippen molar-refractivity contribution < 1.29 is 33.3 Å². The van der Waals surface area contributed by atoms with Gasteiger partial charge in [-0.05, 0) is 76.5 Å². The van der Waals surface area contributed by atoms with Crippen molar-refractivity contribution in [1.82, 2.24) is 0 Å². The minimum atomic E-state index is -0.500. The van der Waals surface area contributed by atoms with Gasteiger partial charge in [0.05, 0.1) is 6.61 Å². The molecule has 0 saturated carbocycles. The Morgan fingerprint density at radius 1 is 0.519 bits per heavy atom. The van der Waals surface area contributed by atoms with Crippen molar-refractivity contribution in [2.75, 3.05) is 6.61 Å². The van der Waals surface area contributed by atoms with Crippen LogP contribution in [0.25, 0.3) is 0 Å². The lowest BCUT2D eigenvalue weighted by molar-refractivity contribution is -0.150. The molecule has 0 aromatic rings. The van der Waals surface area contributed by atoms with Gasteiger partial charge in [-0.1, -0.05) is 156 Å². The van der Waals surface area contributed by atoms with Crippen molar-refractivity contribution in [2.24, 2.45) is 5.92 Å². The quantitative estimate of drug-likeness (QED) is 0.0354. The molecule has 0 aromatic heterocycles. The Morgan fingerprint density at radius 2 is 0.942 bits per heavy atom. The fourth-order valence-electron chi connectivity index (χ4n) is 7.38. The van der Waals surface area contributed by atoms with Crippen molar-refractivity contribution in [3.63, 3.8) is 0 Å². The molecule has 1 saturated heterocycles. The highest BCUT2D eigenvalue weighted by molar-refractivity contribution is 5.69. The van der Waals surface area contributed by atoms with E-state index < -0.39 is 6.16 Å². The smallest absolute Gasteiger partial charge is 0.465 e. The lowest BCUT2D eigenvalue weighted by Crippen LogP contribution is -2.22. The summed E-state index contributed by atoms with van der Waals surface area (Å²) in [5.74, 6) is 0.462. The van der Waals surface area contributed by atoms with Crippen molar-refractivity contribution in [1.29, 1.82) is 0 Å². The predicted octanol–water partition coefficient (Wildman–Crippen LogP) is 13.9. The average Bonchev–Trinajstić information content (AvgIpc) is 3.50. The van der Waals surface area contributed by atoms with Gasteiger partial charge in [0.15, 0.2) is 0 Å². The molecule has 52 heavy (non-hydrogen) atoms. The van der Waals surface area contributed by atoms with Gasteiger partial charge in [-0.25, -0.2) is 4.79 Å². The van der Waals surface area contributed by atoms with Gasteiger partial charge in [-0.2, -0.15) is 0 Å². The number of carbonyl (C=O) groups is 3. The molecule has 0 aliphatic carbocycles. The first kappa shape index (κ1) is 48.2. The molecule has 1 aliphatic heterocycles. The van der Waals surface area contributed by atoms with Crippen LogP contribution in [0.1, 0.15) is 240 Å². The second-order valence-corrected chi connectivity index (χ2v) is 15.9. The first-order chi connectivity index (χ1) is 25.4. The van der Waals surface area contributed by atoms with Gasteiger partial charge in [0.25, 0.3) is 0 Å². The number of carbonyl (C=O) groups excluding carboxylic acids is 3. The van der Waals surface area contributed by atoms with Crippen LogP contribution in [-0.4, -0.2) is 43.0 Å². The summed E-state index contributed by atoms with van der Waals surface area (Å²) in [6.45, 7) is 9.45. The Morgan fingerprint density at radius 3 is 1.44 bits per heavy atom. The largest absolute Gasteiger partial charge is 0.509 e. The Hall–Kier alpha value is -1.79. The predicted molar refractivity (Wildman–Crippen MR) is 215 cm³/mol. The van der Waals surface area contributed by atoms with Crippen molar-refractivity contribution in [2.45, 2.75) is 258 Å². The van der Waals surface area contributed by atoms with Crippen LogP contribution in [0.4, 0.5) is 4.79 Å². The van der Waals surface area contributed by atoms with Crippen LogP contribution < -0.4 is 0 Å². The van der Waals surface area contributed by atoms with Gasteiger partial charge in [0.2, 0.25) is 0 Å². The van der Waals surface area contributed by atoms with Crippen LogP contribution in [-0.2, 0) is 28.5 Å². The fourth-order valence-corrected chi connectivity index (χ4v) is 7.38. The van der Waals surface area contributed by atoms with E-state index in [1.165, 1.54) is 96.3 Å². The zero-order valence-electron chi connectivity index (χ0n) is 34.7. The number of ether oxygens (including phenoxy) is 4. The third-order valence-electron chi connectivity index (χ3n) is 11.0. The number of rotatable bonds is 38. The van der Waals surface area contributed by atoms with Gasteiger partial charge in [0.1, 0.15) is 18.3 Å². The Bertz CT molecular complexity index is 846. The van der Waals surface area contributed by atoms with Crippen LogP contribution >= 0.6 is 0 Å². The summed E-state index contributed by atoms with van der Waals surface area (Å²) in [6, 6.07) is 0. The van der Waals surface area contributed by atoms with E-state index in [1.54, 1.807) is 0 Å². The molecule has 0 spiro atoms. The molecule has 4 atom stereocenters. The van der Waals surface area contributed by atoms with E-state index in [2.05, 4.69) is 27.7 Å². The maximum absolute atomic E-state index is 12.7. The van der Waals surface area contributed by atoms with Crippen molar-refractivity contribution in [3.8, 4) is 0 Å². The van der Waals surface area contributed by atoms with Gasteiger partial charge in [0, 0.05) is 12.8 Å². The van der Waals surface area contributed by atoms with Crippen LogP contribution in [0, 0.1) is 5.92 Å². The molecule has 4 unspecified atom stereocenters. The zero-order valence-corrected chi connectivity index (χ0v) is 34.7. The molecular weight excluding hydrogens is 652 g/mol. The Labute approximate surface area is 321 Å². The maximum Gasteiger partial charge on any atom is 0.509 e. The summed E-state index contributed by atoms with van der Waals surface area (Å²) < 4.78 is 22.5. The second-order valence-electron chi connectivity index (χ2n) is 15.9. The SMILES string of the molecule is CCCCCCCCC1OC(=O)OC1CCCCCCCC(=O)OC(CCCCCC)CCCCCCCCCCC(=O)OCC(CC)CCCC. The number of cyclic esters (lactones) is 2. The lowest BCUT2D eigenvalue weighted by Gasteiger charge is -2.18. The van der Waals surface area contributed by atoms with E-state index in [0.717, 1.165) is 103 Å². The third-order valence-corrected chi connectivity index (χ3v) is 11.0. The summed E-state index contributed by atoms with van der Waals surface area (Å²) in [5, 5.41) is 0. The summed E-state index contributed by atoms with van der Waals surface area (Å²) in [7, 11) is 0. The first-order valence-corrected chi connectivity index (χ1v) is 22.7. The molecule has 1 rings (SSSR count). The van der Waals surface area contributed by atoms with E-state index >= 15 is 0 Å². The maximum atomic E-state index is 12.7. The number of hydrogen-bond acceptors (Lipinski definition) is 7. The highest BCUT2D eigenvalue weighted by Gasteiger charge is 2.35. The molecule has 1 heterocycles. The van der Waals surface area contributed by atoms with Crippen LogP contribution in [0.3, 0.4) is 0 Å². The molecule has 306 valence electrons. The summed E-state index contributed by atoms with van der Waals surface area (Å²) in [5.41, 5.74) is 0. The van der Waals surface area contributed by atoms with Gasteiger partial charge in [-0.15, -0.1) is 0 Å². The van der Waals surface area contributed by atoms with Crippen LogP contribution in [0.2, 0.25) is 0 Å². The second kappa shape index (κ2) is 34.9. The number of esters is 2. The normalized spacial score (nSPS) is 16.7. The van der Waals surface area contributed by atoms with Crippen LogP contribution in [0.15, 0.2) is 0 Å². The summed E-state index contributed by atoms with van der Waals surface area (Å²) in [4.78, 5) is 36.6. The minimum absolute atomic E-state index is 0.0241. The van der Waals surface area contributed by atoms with E-state index in [-0.39, 0.29) is 30.3 Å².